The van der Waals surface area contributed by atoms with E-state index in [1.165, 1.54) is 22.9 Å². The third-order valence-corrected chi connectivity index (χ3v) is 6.70. The number of pyridine rings is 1. The molecule has 1 heterocycles. The lowest BCUT2D eigenvalue weighted by Gasteiger charge is -2.30. The molecule has 0 radical (unpaired) electrons. The molecule has 1 fully saturated rings. The summed E-state index contributed by atoms with van der Waals surface area (Å²) in [4.78, 5) is 16.3. The molecule has 0 bridgehead atoms. The molecule has 138 valence electrons. The number of nitrogens with one attached hydrogen (secondary N) is 1. The molecule has 0 atom stereocenters. The van der Waals surface area contributed by atoms with Gasteiger partial charge in [-0.2, -0.15) is 4.31 Å². The molecule has 1 N–H and O–H groups in total. The van der Waals surface area contributed by atoms with Crippen LogP contribution in [-0.4, -0.2) is 36.7 Å². The van der Waals surface area contributed by atoms with E-state index in [4.69, 9.17) is 0 Å². The lowest BCUT2D eigenvalue weighted by molar-refractivity contribution is 0.102. The molecule has 1 aromatic heterocycles. The van der Waals surface area contributed by atoms with Crippen molar-refractivity contribution in [1.29, 1.82) is 0 Å². The van der Waals surface area contributed by atoms with E-state index in [1.807, 2.05) is 0 Å². The van der Waals surface area contributed by atoms with Gasteiger partial charge in [-0.3, -0.25) is 9.78 Å². The van der Waals surface area contributed by atoms with E-state index >= 15 is 0 Å². The monoisotopic (exact) mass is 373 g/mol. The minimum atomic E-state index is -3.53. The Hall–Kier alpha value is -2.25. The third-order valence-electron chi connectivity index (χ3n) is 4.78. The first-order chi connectivity index (χ1) is 12.5. The summed E-state index contributed by atoms with van der Waals surface area (Å²) in [7, 11) is -1.87. The highest BCUT2D eigenvalue weighted by molar-refractivity contribution is 7.89. The normalized spacial score (nSPS) is 15.8. The first-order valence-corrected chi connectivity index (χ1v) is 10.2. The van der Waals surface area contributed by atoms with Crippen molar-refractivity contribution in [2.24, 2.45) is 0 Å². The highest BCUT2D eigenvalue weighted by atomic mass is 32.2. The van der Waals surface area contributed by atoms with Crippen LogP contribution in [0.25, 0.3) is 0 Å². The Morgan fingerprint density at radius 1 is 1.08 bits per heavy atom. The van der Waals surface area contributed by atoms with Crippen LogP contribution in [0.3, 0.4) is 0 Å². The molecule has 3 rings (SSSR count). The number of hydrogen-bond donors (Lipinski definition) is 1. The fraction of sp³-hybridized carbons (Fsp3) is 0.368. The van der Waals surface area contributed by atoms with Gasteiger partial charge in [0, 0.05) is 25.0 Å². The van der Waals surface area contributed by atoms with Gasteiger partial charge in [0.15, 0.2) is 0 Å². The molecule has 1 aliphatic rings. The van der Waals surface area contributed by atoms with E-state index in [9.17, 15) is 13.2 Å². The Balaban J connectivity index is 1.71. The van der Waals surface area contributed by atoms with Gasteiger partial charge < -0.3 is 5.32 Å². The topological polar surface area (TPSA) is 79.4 Å². The predicted molar refractivity (Wildman–Crippen MR) is 100 cm³/mol. The zero-order valence-corrected chi connectivity index (χ0v) is 15.6. The summed E-state index contributed by atoms with van der Waals surface area (Å²) in [5.41, 5.74) is 0.834. The second kappa shape index (κ2) is 7.97. The number of sulfonamides is 1. The lowest BCUT2D eigenvalue weighted by atomic mass is 9.96. The van der Waals surface area contributed by atoms with Crippen molar-refractivity contribution >= 4 is 21.6 Å². The highest BCUT2D eigenvalue weighted by Gasteiger charge is 2.28. The summed E-state index contributed by atoms with van der Waals surface area (Å²) in [6, 6.07) is 11.4. The smallest absolute Gasteiger partial charge is 0.274 e. The summed E-state index contributed by atoms with van der Waals surface area (Å²) >= 11 is 0. The highest BCUT2D eigenvalue weighted by Crippen LogP contribution is 2.27. The van der Waals surface area contributed by atoms with E-state index in [0.29, 0.717) is 11.4 Å². The van der Waals surface area contributed by atoms with Crippen molar-refractivity contribution in [3.05, 3.63) is 54.4 Å². The zero-order chi connectivity index (χ0) is 18.6. The maximum absolute atomic E-state index is 12.8. The van der Waals surface area contributed by atoms with Crippen molar-refractivity contribution < 1.29 is 13.2 Å². The molecule has 2 aromatic rings. The fourth-order valence-electron chi connectivity index (χ4n) is 3.21. The van der Waals surface area contributed by atoms with Crippen molar-refractivity contribution in [3.8, 4) is 0 Å². The van der Waals surface area contributed by atoms with Crippen LogP contribution in [0.5, 0.6) is 0 Å². The van der Waals surface area contributed by atoms with E-state index in [0.717, 1.165) is 25.7 Å². The fourth-order valence-corrected chi connectivity index (χ4v) is 4.63. The van der Waals surface area contributed by atoms with Crippen LogP contribution < -0.4 is 5.32 Å². The van der Waals surface area contributed by atoms with Gasteiger partial charge in [0.05, 0.1) is 4.90 Å². The van der Waals surface area contributed by atoms with Gasteiger partial charge in [0.2, 0.25) is 10.0 Å². The molecule has 1 aliphatic carbocycles. The molecule has 1 saturated carbocycles. The Labute approximate surface area is 154 Å². The summed E-state index contributed by atoms with van der Waals surface area (Å²) in [6.45, 7) is 0. The molecule has 1 aromatic carbocycles. The standard InChI is InChI=1S/C19H23N3O3S/c1-22(16-7-3-2-4-8-16)26(24,25)17-12-10-15(11-13-17)21-19(23)18-9-5-6-14-20-18/h5-6,9-14,16H,2-4,7-8H2,1H3,(H,21,23). The van der Waals surface area contributed by atoms with Crippen LogP contribution in [0.15, 0.2) is 53.6 Å². The van der Waals surface area contributed by atoms with Gasteiger partial charge in [-0.1, -0.05) is 25.3 Å². The van der Waals surface area contributed by atoms with E-state index in [1.54, 1.807) is 43.6 Å². The zero-order valence-electron chi connectivity index (χ0n) is 14.8. The van der Waals surface area contributed by atoms with Crippen molar-refractivity contribution in [1.82, 2.24) is 9.29 Å². The lowest BCUT2D eigenvalue weighted by Crippen LogP contribution is -2.38. The first kappa shape index (κ1) is 18.5. The number of carbonyl (C=O) groups is 1. The SMILES string of the molecule is CN(C1CCCCC1)S(=O)(=O)c1ccc(NC(=O)c2ccccn2)cc1. The number of carbonyl (C=O) groups excluding carboxylic acids is 1. The quantitative estimate of drug-likeness (QED) is 0.872. The minimum absolute atomic E-state index is 0.0669. The van der Waals surface area contributed by atoms with Gasteiger partial charge in [0.25, 0.3) is 5.91 Å². The molecule has 26 heavy (non-hydrogen) atoms. The molecule has 7 heteroatoms. The largest absolute Gasteiger partial charge is 0.321 e. The third kappa shape index (κ3) is 4.11. The molecule has 0 aliphatic heterocycles. The molecule has 0 spiro atoms. The van der Waals surface area contributed by atoms with Gasteiger partial charge in [-0.05, 0) is 49.2 Å². The minimum Gasteiger partial charge on any atom is -0.321 e. The van der Waals surface area contributed by atoms with Crippen LogP contribution in [0.4, 0.5) is 5.69 Å². The Kier molecular flexibility index (Phi) is 5.68. The Bertz CT molecular complexity index is 845. The average molecular weight is 373 g/mol. The van der Waals surface area contributed by atoms with Crippen LogP contribution >= 0.6 is 0 Å². The van der Waals surface area contributed by atoms with Crippen molar-refractivity contribution in [2.75, 3.05) is 12.4 Å². The van der Waals surface area contributed by atoms with Gasteiger partial charge in [0.1, 0.15) is 5.69 Å². The summed E-state index contributed by atoms with van der Waals surface area (Å²) in [6.07, 6.45) is 6.69. The van der Waals surface area contributed by atoms with Crippen molar-refractivity contribution in [2.45, 2.75) is 43.0 Å². The molecule has 6 nitrogen and oxygen atoms in total. The predicted octanol–water partition coefficient (Wildman–Crippen LogP) is 3.29. The second-order valence-corrected chi connectivity index (χ2v) is 8.50. The van der Waals surface area contributed by atoms with Gasteiger partial charge in [-0.15, -0.1) is 0 Å². The van der Waals surface area contributed by atoms with Crippen LogP contribution in [0.2, 0.25) is 0 Å². The number of aromatic nitrogens is 1. The van der Waals surface area contributed by atoms with Crippen molar-refractivity contribution in [3.63, 3.8) is 0 Å². The Morgan fingerprint density at radius 3 is 2.38 bits per heavy atom. The first-order valence-electron chi connectivity index (χ1n) is 8.79. The van der Waals surface area contributed by atoms with Crippen LogP contribution in [0, 0.1) is 0 Å². The summed E-state index contributed by atoms with van der Waals surface area (Å²) in [5.74, 6) is -0.333. The van der Waals surface area contributed by atoms with Gasteiger partial charge >= 0.3 is 0 Å². The summed E-state index contributed by atoms with van der Waals surface area (Å²) in [5, 5.41) is 2.72. The maximum Gasteiger partial charge on any atom is 0.274 e. The number of amides is 1. The molecule has 0 saturated heterocycles. The number of hydrogen-bond acceptors (Lipinski definition) is 4. The van der Waals surface area contributed by atoms with Gasteiger partial charge in [-0.25, -0.2) is 8.42 Å². The van der Waals surface area contributed by atoms with E-state index in [-0.39, 0.29) is 16.8 Å². The summed E-state index contributed by atoms with van der Waals surface area (Å²) < 4.78 is 27.1. The molecular weight excluding hydrogens is 350 g/mol. The molecule has 0 unspecified atom stereocenters. The average Bonchev–Trinajstić information content (AvgIpc) is 2.69. The number of benzene rings is 1. The number of anilines is 1. The number of nitrogens with zero attached hydrogens (tertiary/aromatic N) is 2. The van der Waals surface area contributed by atoms with Crippen LogP contribution in [-0.2, 0) is 10.0 Å². The second-order valence-electron chi connectivity index (χ2n) is 6.51. The molecule has 1 amide bonds. The number of rotatable bonds is 5. The maximum atomic E-state index is 12.8. The van der Waals surface area contributed by atoms with Crippen LogP contribution in [0.1, 0.15) is 42.6 Å². The Morgan fingerprint density at radius 2 is 1.77 bits per heavy atom. The molecular formula is C19H23N3O3S. The van der Waals surface area contributed by atoms with E-state index in [2.05, 4.69) is 10.3 Å². The van der Waals surface area contributed by atoms with E-state index < -0.39 is 10.0 Å².